The third kappa shape index (κ3) is 1.69. The summed E-state index contributed by atoms with van der Waals surface area (Å²) in [5, 5.41) is 9.76. The van der Waals surface area contributed by atoms with Crippen LogP contribution in [0.3, 0.4) is 0 Å². The lowest BCUT2D eigenvalue weighted by Gasteiger charge is -2.09. The summed E-state index contributed by atoms with van der Waals surface area (Å²) in [5.41, 5.74) is 0.830. The van der Waals surface area contributed by atoms with Crippen molar-refractivity contribution in [2.24, 2.45) is 0 Å². The Balaban J connectivity index is 2.73. The summed E-state index contributed by atoms with van der Waals surface area (Å²) in [6.07, 6.45) is 1.33. The van der Waals surface area contributed by atoms with Crippen molar-refractivity contribution in [3.8, 4) is 5.75 Å². The van der Waals surface area contributed by atoms with Gasteiger partial charge in [0.1, 0.15) is 11.3 Å². The predicted molar refractivity (Wildman–Crippen MR) is 59.9 cm³/mol. The van der Waals surface area contributed by atoms with Crippen molar-refractivity contribution in [1.29, 1.82) is 0 Å². The molecule has 16 heavy (non-hydrogen) atoms. The molecule has 0 saturated carbocycles. The highest BCUT2D eigenvalue weighted by molar-refractivity contribution is 5.98. The van der Waals surface area contributed by atoms with E-state index in [1.54, 1.807) is 6.07 Å². The lowest BCUT2D eigenvalue weighted by Crippen LogP contribution is -2.04. The number of fused-ring (bicyclic) bond motifs is 1. The second-order valence-electron chi connectivity index (χ2n) is 3.26. The molecular formula is C12H11NO3. The highest BCUT2D eigenvalue weighted by Crippen LogP contribution is 2.28. The monoisotopic (exact) mass is 217 g/mol. The molecule has 0 amide bonds. The molecule has 0 aliphatic rings. The van der Waals surface area contributed by atoms with E-state index in [2.05, 4.69) is 4.98 Å². The van der Waals surface area contributed by atoms with Gasteiger partial charge in [-0.2, -0.15) is 0 Å². The minimum Gasteiger partial charge on any atom is -0.492 e. The van der Waals surface area contributed by atoms with Crippen molar-refractivity contribution in [1.82, 2.24) is 4.98 Å². The Kier molecular flexibility index (Phi) is 2.72. The Morgan fingerprint density at radius 1 is 1.44 bits per heavy atom. The first-order valence-corrected chi connectivity index (χ1v) is 4.98. The van der Waals surface area contributed by atoms with E-state index >= 15 is 0 Å². The summed E-state index contributed by atoms with van der Waals surface area (Å²) < 4.78 is 5.39. The average Bonchev–Trinajstić information content (AvgIpc) is 2.29. The maximum Gasteiger partial charge on any atom is 0.341 e. The van der Waals surface area contributed by atoms with E-state index in [1.165, 1.54) is 6.20 Å². The average molecular weight is 217 g/mol. The molecular weight excluding hydrogens is 206 g/mol. The minimum absolute atomic E-state index is 0.0977. The number of benzene rings is 1. The van der Waals surface area contributed by atoms with Gasteiger partial charge in [-0.3, -0.25) is 4.98 Å². The largest absolute Gasteiger partial charge is 0.492 e. The Morgan fingerprint density at radius 3 is 2.88 bits per heavy atom. The zero-order valence-corrected chi connectivity index (χ0v) is 8.80. The molecule has 1 heterocycles. The molecule has 0 unspecified atom stereocenters. The van der Waals surface area contributed by atoms with Gasteiger partial charge in [0.15, 0.2) is 0 Å². The van der Waals surface area contributed by atoms with Gasteiger partial charge in [-0.05, 0) is 19.1 Å². The summed E-state index contributed by atoms with van der Waals surface area (Å²) in [6.45, 7) is 2.25. The first kappa shape index (κ1) is 10.4. The summed E-state index contributed by atoms with van der Waals surface area (Å²) in [5.74, 6) is -0.637. The fourth-order valence-corrected chi connectivity index (χ4v) is 1.57. The molecule has 1 aromatic carbocycles. The first-order valence-electron chi connectivity index (χ1n) is 4.98. The molecule has 1 N–H and O–H groups in total. The zero-order valence-electron chi connectivity index (χ0n) is 8.80. The molecule has 0 spiro atoms. The van der Waals surface area contributed by atoms with E-state index in [9.17, 15) is 4.79 Å². The number of aromatic nitrogens is 1. The van der Waals surface area contributed by atoms with Gasteiger partial charge < -0.3 is 9.84 Å². The van der Waals surface area contributed by atoms with Gasteiger partial charge in [0, 0.05) is 11.6 Å². The van der Waals surface area contributed by atoms with Gasteiger partial charge in [-0.1, -0.05) is 12.1 Å². The van der Waals surface area contributed by atoms with E-state index < -0.39 is 5.97 Å². The quantitative estimate of drug-likeness (QED) is 0.857. The molecule has 0 aliphatic heterocycles. The van der Waals surface area contributed by atoms with Crippen LogP contribution >= 0.6 is 0 Å². The first-order chi connectivity index (χ1) is 7.74. The zero-order chi connectivity index (χ0) is 11.5. The summed E-state index contributed by atoms with van der Waals surface area (Å²) in [6, 6.07) is 7.31. The van der Waals surface area contributed by atoms with Crippen molar-refractivity contribution in [2.45, 2.75) is 6.92 Å². The highest BCUT2D eigenvalue weighted by atomic mass is 16.5. The van der Waals surface area contributed by atoms with Crippen LogP contribution in [0.25, 0.3) is 10.9 Å². The standard InChI is InChI=1S/C12H11NO3/c1-2-16-11-8-5-3-4-6-10(8)13-7-9(11)12(14)15/h3-7H,2H2,1H3,(H,14,15). The molecule has 4 nitrogen and oxygen atoms in total. The predicted octanol–water partition coefficient (Wildman–Crippen LogP) is 2.33. The molecule has 0 radical (unpaired) electrons. The van der Waals surface area contributed by atoms with Crippen LogP contribution in [0.1, 0.15) is 17.3 Å². The molecule has 1 aromatic heterocycles. The lowest BCUT2D eigenvalue weighted by molar-refractivity contribution is 0.0692. The summed E-state index contributed by atoms with van der Waals surface area (Å²) >= 11 is 0. The number of nitrogens with zero attached hydrogens (tertiary/aromatic N) is 1. The minimum atomic E-state index is -1.03. The van der Waals surface area contributed by atoms with E-state index in [1.807, 2.05) is 25.1 Å². The van der Waals surface area contributed by atoms with Crippen molar-refractivity contribution < 1.29 is 14.6 Å². The van der Waals surface area contributed by atoms with E-state index in [0.717, 1.165) is 10.9 Å². The molecule has 0 saturated heterocycles. The van der Waals surface area contributed by atoms with Crippen LogP contribution in [0.5, 0.6) is 5.75 Å². The van der Waals surface area contributed by atoms with Crippen LogP contribution in [0.15, 0.2) is 30.5 Å². The van der Waals surface area contributed by atoms with E-state index in [-0.39, 0.29) is 5.56 Å². The van der Waals surface area contributed by atoms with Gasteiger partial charge in [0.25, 0.3) is 0 Å². The topological polar surface area (TPSA) is 59.4 Å². The molecule has 0 aliphatic carbocycles. The molecule has 2 rings (SSSR count). The van der Waals surface area contributed by atoms with Crippen LogP contribution in [0.4, 0.5) is 0 Å². The number of hydrogen-bond acceptors (Lipinski definition) is 3. The van der Waals surface area contributed by atoms with Crippen LogP contribution in [-0.2, 0) is 0 Å². The van der Waals surface area contributed by atoms with Gasteiger partial charge >= 0.3 is 5.97 Å². The smallest absolute Gasteiger partial charge is 0.341 e. The Bertz CT molecular complexity index is 537. The number of pyridine rings is 1. The Morgan fingerprint density at radius 2 is 2.19 bits per heavy atom. The number of aromatic carboxylic acids is 1. The summed E-state index contributed by atoms with van der Waals surface area (Å²) in [7, 11) is 0. The normalized spacial score (nSPS) is 10.3. The van der Waals surface area contributed by atoms with Crippen LogP contribution < -0.4 is 4.74 Å². The maximum absolute atomic E-state index is 11.0. The van der Waals surface area contributed by atoms with Gasteiger partial charge in [-0.25, -0.2) is 4.79 Å². The van der Waals surface area contributed by atoms with Crippen LogP contribution in [0, 0.1) is 0 Å². The summed E-state index contributed by atoms with van der Waals surface area (Å²) in [4.78, 5) is 15.1. The number of carboxylic acids is 1. The Hall–Kier alpha value is -2.10. The number of para-hydroxylation sites is 1. The number of carbonyl (C=O) groups is 1. The van der Waals surface area contributed by atoms with Gasteiger partial charge in [0.05, 0.1) is 12.1 Å². The number of ether oxygens (including phenoxy) is 1. The molecule has 0 atom stereocenters. The third-order valence-corrected chi connectivity index (χ3v) is 2.25. The number of carboxylic acid groups (broad SMARTS) is 1. The number of rotatable bonds is 3. The van der Waals surface area contributed by atoms with Crippen molar-refractivity contribution in [3.63, 3.8) is 0 Å². The molecule has 4 heteroatoms. The fourth-order valence-electron chi connectivity index (χ4n) is 1.57. The molecule has 82 valence electrons. The highest BCUT2D eigenvalue weighted by Gasteiger charge is 2.15. The second-order valence-corrected chi connectivity index (χ2v) is 3.26. The SMILES string of the molecule is CCOc1c(C(=O)O)cnc2ccccc12. The maximum atomic E-state index is 11.0. The Labute approximate surface area is 92.5 Å². The van der Waals surface area contributed by atoms with Crippen molar-refractivity contribution in [2.75, 3.05) is 6.61 Å². The lowest BCUT2D eigenvalue weighted by atomic mass is 10.1. The second kappa shape index (κ2) is 4.18. The van der Waals surface area contributed by atoms with Crippen LogP contribution in [-0.4, -0.2) is 22.7 Å². The van der Waals surface area contributed by atoms with Gasteiger partial charge in [0.2, 0.25) is 0 Å². The molecule has 0 bridgehead atoms. The van der Waals surface area contributed by atoms with E-state index in [0.29, 0.717) is 12.4 Å². The van der Waals surface area contributed by atoms with Crippen LogP contribution in [0.2, 0.25) is 0 Å². The van der Waals surface area contributed by atoms with Gasteiger partial charge in [-0.15, -0.1) is 0 Å². The fraction of sp³-hybridized carbons (Fsp3) is 0.167. The third-order valence-electron chi connectivity index (χ3n) is 2.25. The van der Waals surface area contributed by atoms with E-state index in [4.69, 9.17) is 9.84 Å². The number of hydrogen-bond donors (Lipinski definition) is 1. The molecule has 2 aromatic rings. The van der Waals surface area contributed by atoms with Crippen molar-refractivity contribution >= 4 is 16.9 Å². The van der Waals surface area contributed by atoms with Crippen molar-refractivity contribution in [3.05, 3.63) is 36.0 Å². The molecule has 0 fully saturated rings.